The number of thiophene rings is 1. The molecule has 1 fully saturated rings. The first-order valence-corrected chi connectivity index (χ1v) is 8.62. The molecular weight excluding hydrogens is 327 g/mol. The van der Waals surface area contributed by atoms with Crippen molar-refractivity contribution in [2.45, 2.75) is 45.6 Å². The summed E-state index contributed by atoms with van der Waals surface area (Å²) in [5, 5.41) is 4.96. The second-order valence-electron chi connectivity index (χ2n) is 5.52. The first kappa shape index (κ1) is 15.1. The molecule has 2 heterocycles. The Morgan fingerprint density at radius 3 is 2.57 bits per heavy atom. The maximum absolute atomic E-state index is 12.4. The van der Waals surface area contributed by atoms with Gasteiger partial charge >= 0.3 is 0 Å². The predicted molar refractivity (Wildman–Crippen MR) is 88.8 cm³/mol. The number of hydrogen-bond acceptors (Lipinski definition) is 3. The number of fused-ring (bicyclic) bond motifs is 1. The lowest BCUT2D eigenvalue weighted by Gasteiger charge is -2.10. The Kier molecular flexibility index (Phi) is 4.12. The number of hydrogen-bond donors (Lipinski definition) is 1. The molecule has 1 amide bonds. The first-order chi connectivity index (χ1) is 9.99. The van der Waals surface area contributed by atoms with Crippen LogP contribution in [0, 0.1) is 13.8 Å². The molecule has 6 heteroatoms. The molecule has 3 nitrogen and oxygen atoms in total. The molecule has 0 aliphatic heterocycles. The molecule has 2 aromatic heterocycles. The fourth-order valence-electron chi connectivity index (χ4n) is 2.85. The lowest BCUT2D eigenvalue weighted by Crippen LogP contribution is -2.32. The highest BCUT2D eigenvalue weighted by Gasteiger charge is 2.24. The van der Waals surface area contributed by atoms with E-state index in [1.54, 1.807) is 0 Å². The normalized spacial score (nSPS) is 15.8. The number of nitrogens with one attached hydrogen (secondary N) is 1. The zero-order valence-corrected chi connectivity index (χ0v) is 14.3. The van der Waals surface area contributed by atoms with Gasteiger partial charge < -0.3 is 5.32 Å². The molecule has 0 unspecified atom stereocenters. The Morgan fingerprint density at radius 1 is 1.24 bits per heavy atom. The second-order valence-corrected chi connectivity index (χ2v) is 7.27. The number of halogens is 2. The summed E-state index contributed by atoms with van der Waals surface area (Å²) in [7, 11) is 0. The Labute approximate surface area is 137 Å². The summed E-state index contributed by atoms with van der Waals surface area (Å²) in [5.74, 6) is -0.0944. The highest BCUT2D eigenvalue weighted by molar-refractivity contribution is 7.21. The van der Waals surface area contributed by atoms with Crippen molar-refractivity contribution >= 4 is 50.7 Å². The van der Waals surface area contributed by atoms with E-state index in [1.807, 2.05) is 13.8 Å². The smallest absolute Gasteiger partial charge is 0.263 e. The van der Waals surface area contributed by atoms with Crippen molar-refractivity contribution in [3.05, 3.63) is 26.2 Å². The number of rotatable bonds is 2. The van der Waals surface area contributed by atoms with Crippen LogP contribution >= 0.6 is 34.5 Å². The van der Waals surface area contributed by atoms with Crippen molar-refractivity contribution < 1.29 is 4.79 Å². The molecule has 1 N–H and O–H groups in total. The number of carbonyl (C=O) groups excluding carboxylic acids is 1. The van der Waals surface area contributed by atoms with Crippen LogP contribution in [0.5, 0.6) is 0 Å². The summed E-state index contributed by atoms with van der Waals surface area (Å²) in [6.45, 7) is 3.78. The van der Waals surface area contributed by atoms with E-state index < -0.39 is 0 Å². The second kappa shape index (κ2) is 5.75. The van der Waals surface area contributed by atoms with Crippen LogP contribution in [0.15, 0.2) is 0 Å². The number of carbonyl (C=O) groups is 1. The number of aryl methyl sites for hydroxylation is 2. The van der Waals surface area contributed by atoms with E-state index in [2.05, 4.69) is 10.3 Å². The molecule has 1 aliphatic rings. The molecule has 1 aliphatic carbocycles. The summed E-state index contributed by atoms with van der Waals surface area (Å²) < 4.78 is 0. The van der Waals surface area contributed by atoms with Crippen molar-refractivity contribution in [3.8, 4) is 0 Å². The van der Waals surface area contributed by atoms with Crippen LogP contribution in [0.25, 0.3) is 10.2 Å². The van der Waals surface area contributed by atoms with E-state index in [-0.39, 0.29) is 11.9 Å². The molecule has 2 aromatic rings. The van der Waals surface area contributed by atoms with Gasteiger partial charge in [0.25, 0.3) is 5.91 Å². The Bertz CT molecular complexity index is 720. The summed E-state index contributed by atoms with van der Waals surface area (Å²) in [4.78, 5) is 18.2. The molecule has 0 radical (unpaired) electrons. The maximum atomic E-state index is 12.4. The van der Waals surface area contributed by atoms with Crippen molar-refractivity contribution in [2.24, 2.45) is 0 Å². The number of aromatic nitrogens is 1. The Hall–Kier alpha value is -0.840. The van der Waals surface area contributed by atoms with Gasteiger partial charge in [-0.05, 0) is 32.3 Å². The standard InChI is InChI=1S/C15H16Cl2N2OS/c1-7-10-12(17)13(14(20)19-9-5-3-4-6-9)21-15(10)18-8(2)11(7)16/h9H,3-6H2,1-2H3,(H,19,20). The van der Waals surface area contributed by atoms with Crippen LogP contribution in [0.2, 0.25) is 10.0 Å². The quantitative estimate of drug-likeness (QED) is 0.843. The zero-order chi connectivity index (χ0) is 15.1. The number of amides is 1. The highest BCUT2D eigenvalue weighted by Crippen LogP contribution is 2.39. The zero-order valence-electron chi connectivity index (χ0n) is 11.9. The van der Waals surface area contributed by atoms with Gasteiger partial charge in [-0.2, -0.15) is 0 Å². The van der Waals surface area contributed by atoms with Gasteiger partial charge in [0.15, 0.2) is 0 Å². The summed E-state index contributed by atoms with van der Waals surface area (Å²) in [6, 6.07) is 0.276. The van der Waals surface area contributed by atoms with Gasteiger partial charge in [0.05, 0.1) is 15.7 Å². The van der Waals surface area contributed by atoms with Gasteiger partial charge in [0.2, 0.25) is 0 Å². The van der Waals surface area contributed by atoms with Crippen molar-refractivity contribution in [2.75, 3.05) is 0 Å². The van der Waals surface area contributed by atoms with Crippen LogP contribution in [0.1, 0.15) is 46.6 Å². The van der Waals surface area contributed by atoms with E-state index >= 15 is 0 Å². The largest absolute Gasteiger partial charge is 0.349 e. The summed E-state index contributed by atoms with van der Waals surface area (Å²) >= 11 is 14.0. The van der Waals surface area contributed by atoms with Gasteiger partial charge in [0, 0.05) is 11.4 Å². The third-order valence-corrected chi connectivity index (χ3v) is 6.15. The van der Waals surface area contributed by atoms with Crippen molar-refractivity contribution in [1.82, 2.24) is 10.3 Å². The van der Waals surface area contributed by atoms with Crippen LogP contribution in [0.4, 0.5) is 0 Å². The fraction of sp³-hybridized carbons (Fsp3) is 0.467. The molecule has 0 aromatic carbocycles. The van der Waals surface area contributed by atoms with E-state index in [0.29, 0.717) is 14.9 Å². The van der Waals surface area contributed by atoms with Gasteiger partial charge in [-0.15, -0.1) is 11.3 Å². The average Bonchev–Trinajstić information content (AvgIpc) is 3.04. The van der Waals surface area contributed by atoms with Gasteiger partial charge in [0.1, 0.15) is 9.71 Å². The third kappa shape index (κ3) is 2.65. The maximum Gasteiger partial charge on any atom is 0.263 e. The van der Waals surface area contributed by atoms with Crippen LogP contribution < -0.4 is 5.32 Å². The predicted octanol–water partition coefficient (Wildman–Crippen LogP) is 4.89. The Morgan fingerprint density at radius 2 is 1.90 bits per heavy atom. The van der Waals surface area contributed by atoms with Gasteiger partial charge in [-0.3, -0.25) is 4.79 Å². The lowest BCUT2D eigenvalue weighted by atomic mass is 10.1. The lowest BCUT2D eigenvalue weighted by molar-refractivity contribution is 0.0942. The average molecular weight is 343 g/mol. The van der Waals surface area contributed by atoms with Gasteiger partial charge in [-0.25, -0.2) is 4.98 Å². The summed E-state index contributed by atoms with van der Waals surface area (Å²) in [5.41, 5.74) is 1.66. The van der Waals surface area contributed by atoms with E-state index in [1.165, 1.54) is 24.2 Å². The van der Waals surface area contributed by atoms with Crippen molar-refractivity contribution in [1.29, 1.82) is 0 Å². The molecule has 0 bridgehead atoms. The Balaban J connectivity index is 2.01. The molecule has 21 heavy (non-hydrogen) atoms. The first-order valence-electron chi connectivity index (χ1n) is 7.04. The van der Waals surface area contributed by atoms with Crippen LogP contribution in [0.3, 0.4) is 0 Å². The van der Waals surface area contributed by atoms with E-state index in [4.69, 9.17) is 23.2 Å². The minimum Gasteiger partial charge on any atom is -0.349 e. The minimum atomic E-state index is -0.0944. The molecule has 0 spiro atoms. The van der Waals surface area contributed by atoms with Gasteiger partial charge in [-0.1, -0.05) is 36.0 Å². The molecule has 0 saturated heterocycles. The minimum absolute atomic E-state index is 0.0944. The fourth-order valence-corrected chi connectivity index (χ4v) is 4.56. The summed E-state index contributed by atoms with van der Waals surface area (Å²) in [6.07, 6.45) is 4.47. The third-order valence-electron chi connectivity index (χ3n) is 4.02. The number of pyridine rings is 1. The van der Waals surface area contributed by atoms with Crippen LogP contribution in [-0.4, -0.2) is 16.9 Å². The molecule has 112 valence electrons. The molecule has 3 rings (SSSR count). The van der Waals surface area contributed by atoms with Crippen molar-refractivity contribution in [3.63, 3.8) is 0 Å². The molecule has 0 atom stereocenters. The monoisotopic (exact) mass is 342 g/mol. The van der Waals surface area contributed by atoms with E-state index in [0.717, 1.165) is 34.3 Å². The SMILES string of the molecule is Cc1nc2sc(C(=O)NC3CCCC3)c(Cl)c2c(C)c1Cl. The van der Waals surface area contributed by atoms with Crippen LogP contribution in [-0.2, 0) is 0 Å². The number of nitrogens with zero attached hydrogens (tertiary/aromatic N) is 1. The molecule has 1 saturated carbocycles. The molecular formula is C15H16Cl2N2OS. The topological polar surface area (TPSA) is 42.0 Å². The highest BCUT2D eigenvalue weighted by atomic mass is 35.5. The van der Waals surface area contributed by atoms with E-state index in [9.17, 15) is 4.79 Å².